The summed E-state index contributed by atoms with van der Waals surface area (Å²) in [5.41, 5.74) is 4.74. The van der Waals surface area contributed by atoms with Crippen LogP contribution in [0.3, 0.4) is 0 Å². The topological polar surface area (TPSA) is 42.1 Å². The van der Waals surface area contributed by atoms with Gasteiger partial charge in [-0.1, -0.05) is 11.6 Å². The summed E-state index contributed by atoms with van der Waals surface area (Å²) < 4.78 is 37.4. The van der Waals surface area contributed by atoms with Gasteiger partial charge in [0, 0.05) is 19.3 Å². The Morgan fingerprint density at radius 3 is 2.63 bits per heavy atom. The van der Waals surface area contributed by atoms with E-state index in [2.05, 4.69) is 4.98 Å². The Labute approximate surface area is 120 Å². The lowest BCUT2D eigenvalue weighted by Crippen LogP contribution is -2.24. The van der Waals surface area contributed by atoms with Crippen LogP contribution in [0.1, 0.15) is 12.0 Å². The summed E-state index contributed by atoms with van der Waals surface area (Å²) in [5, 5.41) is 0.0301. The smallest absolute Gasteiger partial charge is 0.355 e. The highest BCUT2D eigenvalue weighted by Crippen LogP contribution is 2.34. The molecule has 1 fully saturated rings. The molecule has 0 amide bonds. The predicted molar refractivity (Wildman–Crippen MR) is 70.9 cm³/mol. The Hall–Kier alpha value is -0.720. The second kappa shape index (κ2) is 6.15. The molecule has 2 N–H and O–H groups in total. The van der Waals surface area contributed by atoms with Gasteiger partial charge in [-0.3, -0.25) is 0 Å². The van der Waals surface area contributed by atoms with Gasteiger partial charge >= 0.3 is 6.18 Å². The number of halogens is 5. The van der Waals surface area contributed by atoms with Crippen LogP contribution in [0, 0.1) is 5.92 Å². The van der Waals surface area contributed by atoms with Gasteiger partial charge in [-0.2, -0.15) is 13.2 Å². The van der Waals surface area contributed by atoms with Gasteiger partial charge in [-0.05, 0) is 24.9 Å². The van der Waals surface area contributed by atoms with E-state index in [1.54, 1.807) is 0 Å². The molecule has 1 saturated heterocycles. The summed E-state index contributed by atoms with van der Waals surface area (Å²) in [5.74, 6) is 0.755. The van der Waals surface area contributed by atoms with Crippen molar-refractivity contribution in [3.05, 3.63) is 22.8 Å². The fraction of sp³-hybridized carbons (Fsp3) is 0.545. The van der Waals surface area contributed by atoms with E-state index in [4.69, 9.17) is 17.3 Å². The quantitative estimate of drug-likeness (QED) is 0.912. The van der Waals surface area contributed by atoms with E-state index in [0.717, 1.165) is 25.2 Å². The molecule has 1 aromatic rings. The largest absolute Gasteiger partial charge is 0.417 e. The lowest BCUT2D eigenvalue weighted by molar-refractivity contribution is -0.137. The van der Waals surface area contributed by atoms with Crippen LogP contribution in [0.25, 0.3) is 0 Å². The molecule has 19 heavy (non-hydrogen) atoms. The van der Waals surface area contributed by atoms with E-state index < -0.39 is 11.7 Å². The molecular formula is C11H14Cl2F3N3. The van der Waals surface area contributed by atoms with Crippen molar-refractivity contribution in [1.29, 1.82) is 0 Å². The fourth-order valence-electron chi connectivity index (χ4n) is 2.04. The summed E-state index contributed by atoms with van der Waals surface area (Å²) >= 11 is 5.87. The third-order valence-electron chi connectivity index (χ3n) is 3.07. The molecule has 108 valence electrons. The van der Waals surface area contributed by atoms with Crippen molar-refractivity contribution in [1.82, 2.24) is 4.98 Å². The maximum atomic E-state index is 12.5. The fourth-order valence-corrected chi connectivity index (χ4v) is 2.32. The third-order valence-corrected chi connectivity index (χ3v) is 3.35. The van der Waals surface area contributed by atoms with Gasteiger partial charge < -0.3 is 10.6 Å². The van der Waals surface area contributed by atoms with Gasteiger partial charge in [0.05, 0.1) is 10.6 Å². The first-order chi connectivity index (χ1) is 8.41. The highest BCUT2D eigenvalue weighted by Gasteiger charge is 2.32. The normalized spacial score (nSPS) is 19.4. The number of alkyl halides is 3. The van der Waals surface area contributed by atoms with E-state index in [1.807, 2.05) is 4.90 Å². The molecule has 0 saturated carbocycles. The van der Waals surface area contributed by atoms with Crippen LogP contribution in [0.15, 0.2) is 12.3 Å². The average Bonchev–Trinajstić information content (AvgIpc) is 2.76. The van der Waals surface area contributed by atoms with Gasteiger partial charge in [0.1, 0.15) is 5.82 Å². The minimum absolute atomic E-state index is 0. The molecule has 1 aliphatic rings. The van der Waals surface area contributed by atoms with Gasteiger partial charge in [-0.15, -0.1) is 12.4 Å². The summed E-state index contributed by atoms with van der Waals surface area (Å²) in [6.07, 6.45) is -2.69. The number of rotatable bonds is 2. The van der Waals surface area contributed by atoms with E-state index in [0.29, 0.717) is 24.8 Å². The monoisotopic (exact) mass is 315 g/mol. The summed E-state index contributed by atoms with van der Waals surface area (Å²) in [7, 11) is 0. The second-order valence-corrected chi connectivity index (χ2v) is 4.77. The molecule has 0 bridgehead atoms. The van der Waals surface area contributed by atoms with E-state index in [9.17, 15) is 13.2 Å². The summed E-state index contributed by atoms with van der Waals surface area (Å²) in [6.45, 7) is 1.98. The van der Waals surface area contributed by atoms with Crippen LogP contribution in [0.2, 0.25) is 5.02 Å². The van der Waals surface area contributed by atoms with Crippen LogP contribution in [0.4, 0.5) is 19.0 Å². The number of aromatic nitrogens is 1. The van der Waals surface area contributed by atoms with Crippen molar-refractivity contribution in [3.8, 4) is 0 Å². The maximum absolute atomic E-state index is 12.5. The molecule has 1 aliphatic heterocycles. The first-order valence-electron chi connectivity index (χ1n) is 5.59. The minimum atomic E-state index is -4.42. The molecule has 2 rings (SSSR count). The number of anilines is 1. The Balaban J connectivity index is 0.00000180. The number of nitrogens with zero attached hydrogens (tertiary/aromatic N) is 2. The highest BCUT2D eigenvalue weighted by atomic mass is 35.5. The zero-order valence-corrected chi connectivity index (χ0v) is 11.5. The Morgan fingerprint density at radius 1 is 1.47 bits per heavy atom. The first kappa shape index (κ1) is 16.3. The van der Waals surface area contributed by atoms with Crippen molar-refractivity contribution < 1.29 is 13.2 Å². The van der Waals surface area contributed by atoms with Gasteiger partial charge in [0.15, 0.2) is 0 Å². The third kappa shape index (κ3) is 3.64. The Morgan fingerprint density at radius 2 is 2.16 bits per heavy atom. The molecular weight excluding hydrogens is 302 g/mol. The number of pyridine rings is 1. The van der Waals surface area contributed by atoms with Crippen molar-refractivity contribution in [2.24, 2.45) is 11.7 Å². The van der Waals surface area contributed by atoms with E-state index in [-0.39, 0.29) is 17.4 Å². The molecule has 0 aromatic carbocycles. The predicted octanol–water partition coefficient (Wildman–Crippen LogP) is 2.96. The minimum Gasteiger partial charge on any atom is -0.355 e. The first-order valence-corrected chi connectivity index (χ1v) is 5.97. The molecule has 0 aliphatic carbocycles. The van der Waals surface area contributed by atoms with Gasteiger partial charge in [0.2, 0.25) is 0 Å². The van der Waals surface area contributed by atoms with Crippen molar-refractivity contribution in [2.45, 2.75) is 12.6 Å². The Bertz CT molecular complexity index is 440. The second-order valence-electron chi connectivity index (χ2n) is 4.36. The number of hydrogen-bond acceptors (Lipinski definition) is 3. The summed E-state index contributed by atoms with van der Waals surface area (Å²) in [4.78, 5) is 5.70. The van der Waals surface area contributed by atoms with Gasteiger partial charge in [-0.25, -0.2) is 4.98 Å². The summed E-state index contributed by atoms with van der Waals surface area (Å²) in [6, 6.07) is 0.916. The van der Waals surface area contributed by atoms with Crippen molar-refractivity contribution in [3.63, 3.8) is 0 Å². The lowest BCUT2D eigenvalue weighted by Gasteiger charge is -2.19. The van der Waals surface area contributed by atoms with Crippen LogP contribution in [0.5, 0.6) is 0 Å². The Kier molecular flexibility index (Phi) is 5.29. The SMILES string of the molecule is Cl.NCC1CCN(c2ncc(C(F)(F)F)cc2Cl)C1. The van der Waals surface area contributed by atoms with Crippen LogP contribution in [-0.2, 0) is 6.18 Å². The zero-order valence-electron chi connectivity index (χ0n) is 9.95. The van der Waals surface area contributed by atoms with E-state index in [1.165, 1.54) is 0 Å². The van der Waals surface area contributed by atoms with Gasteiger partial charge in [0.25, 0.3) is 0 Å². The highest BCUT2D eigenvalue weighted by molar-refractivity contribution is 6.33. The standard InChI is InChI=1S/C11H13ClF3N3.ClH/c12-9-3-8(11(13,14)15)5-17-10(9)18-2-1-7(4-16)6-18;/h3,5,7H,1-2,4,6,16H2;1H. The molecule has 1 unspecified atom stereocenters. The van der Waals surface area contributed by atoms with Crippen LogP contribution < -0.4 is 10.6 Å². The zero-order chi connectivity index (χ0) is 13.3. The number of hydrogen-bond donors (Lipinski definition) is 1. The van der Waals surface area contributed by atoms with Crippen LogP contribution in [-0.4, -0.2) is 24.6 Å². The molecule has 1 aromatic heterocycles. The average molecular weight is 316 g/mol. The lowest BCUT2D eigenvalue weighted by atomic mass is 10.1. The molecule has 0 spiro atoms. The molecule has 2 heterocycles. The molecule has 1 atom stereocenters. The molecule has 8 heteroatoms. The van der Waals surface area contributed by atoms with Crippen molar-refractivity contribution in [2.75, 3.05) is 24.5 Å². The maximum Gasteiger partial charge on any atom is 0.417 e. The van der Waals surface area contributed by atoms with Crippen LogP contribution >= 0.6 is 24.0 Å². The molecule has 3 nitrogen and oxygen atoms in total. The molecule has 0 radical (unpaired) electrons. The van der Waals surface area contributed by atoms with E-state index >= 15 is 0 Å². The number of nitrogens with two attached hydrogens (primary N) is 1. The van der Waals surface area contributed by atoms with Crippen molar-refractivity contribution >= 4 is 29.8 Å².